The summed E-state index contributed by atoms with van der Waals surface area (Å²) >= 11 is 0. The van der Waals surface area contributed by atoms with Crippen LogP contribution in [0.2, 0.25) is 0 Å². The van der Waals surface area contributed by atoms with E-state index in [2.05, 4.69) is 72.8 Å². The van der Waals surface area contributed by atoms with Crippen molar-refractivity contribution in [1.82, 2.24) is 4.90 Å². The lowest BCUT2D eigenvalue weighted by molar-refractivity contribution is -0.0747. The minimum Gasteiger partial charge on any atom is -0.448 e. The summed E-state index contributed by atoms with van der Waals surface area (Å²) in [5.41, 5.74) is 10.6. The molecule has 4 aromatic carbocycles. The van der Waals surface area contributed by atoms with Crippen LogP contribution in [-0.4, -0.2) is 48.7 Å². The molecule has 5 nitrogen and oxygen atoms in total. The molecule has 0 radical (unpaired) electrons. The summed E-state index contributed by atoms with van der Waals surface area (Å²) in [7, 11) is 0. The molecule has 1 amide bonds. The van der Waals surface area contributed by atoms with Gasteiger partial charge in [0.1, 0.15) is 6.61 Å². The molecule has 2 aliphatic carbocycles. The number of morpholine rings is 1. The number of hydrogen-bond donors (Lipinski definition) is 0. The molecule has 0 spiro atoms. The van der Waals surface area contributed by atoms with Gasteiger partial charge < -0.3 is 9.47 Å². The van der Waals surface area contributed by atoms with Crippen LogP contribution in [0.25, 0.3) is 22.3 Å². The molecule has 2 fully saturated rings. The smallest absolute Gasteiger partial charge is 0.410 e. The Hall–Kier alpha value is -4.22. The van der Waals surface area contributed by atoms with E-state index in [1.165, 1.54) is 44.5 Å². The van der Waals surface area contributed by atoms with Gasteiger partial charge in [-0.2, -0.15) is 0 Å². The highest BCUT2D eigenvalue weighted by atomic mass is 16.6. The molecule has 2 bridgehead atoms. The minimum atomic E-state index is -0.300. The summed E-state index contributed by atoms with van der Waals surface area (Å²) in [6, 6.07) is 31.0. The maximum atomic E-state index is 13.7. The number of ketones is 1. The van der Waals surface area contributed by atoms with Crippen molar-refractivity contribution in [2.24, 2.45) is 5.92 Å². The van der Waals surface area contributed by atoms with Crippen molar-refractivity contribution in [2.45, 2.75) is 37.3 Å². The number of piperidine rings is 1. The van der Waals surface area contributed by atoms with Crippen molar-refractivity contribution < 1.29 is 19.1 Å². The molecule has 2 aliphatic heterocycles. The van der Waals surface area contributed by atoms with Crippen LogP contribution in [0.1, 0.15) is 51.4 Å². The highest BCUT2D eigenvalue weighted by Gasteiger charge is 2.45. The molecule has 204 valence electrons. The molecular formula is C36H31NO4. The average molecular weight is 542 g/mol. The third-order valence-electron chi connectivity index (χ3n) is 9.52. The van der Waals surface area contributed by atoms with Gasteiger partial charge in [0, 0.05) is 17.4 Å². The Kier molecular flexibility index (Phi) is 5.82. The van der Waals surface area contributed by atoms with E-state index < -0.39 is 0 Å². The number of nitrogens with zero attached hydrogens (tertiary/aromatic N) is 1. The quantitative estimate of drug-likeness (QED) is 0.233. The summed E-state index contributed by atoms with van der Waals surface area (Å²) in [6.07, 6.45) is 1.76. The molecule has 4 aliphatic rings. The van der Waals surface area contributed by atoms with Gasteiger partial charge in [-0.3, -0.25) is 9.69 Å². The second-order valence-electron chi connectivity index (χ2n) is 11.8. The molecule has 2 heterocycles. The van der Waals surface area contributed by atoms with E-state index >= 15 is 0 Å². The molecule has 5 heteroatoms. The second-order valence-corrected chi connectivity index (χ2v) is 11.8. The first-order valence-electron chi connectivity index (χ1n) is 14.6. The van der Waals surface area contributed by atoms with E-state index in [0.717, 1.165) is 12.0 Å². The largest absolute Gasteiger partial charge is 0.448 e. The Morgan fingerprint density at radius 2 is 1.34 bits per heavy atom. The summed E-state index contributed by atoms with van der Waals surface area (Å²) < 4.78 is 11.9. The van der Waals surface area contributed by atoms with Gasteiger partial charge >= 0.3 is 6.09 Å². The number of carbonyl (C=O) groups excluding carboxylic acids is 2. The first-order chi connectivity index (χ1) is 20.2. The van der Waals surface area contributed by atoms with Crippen LogP contribution in [0.3, 0.4) is 0 Å². The normalized spacial score (nSPS) is 22.0. The predicted molar refractivity (Wildman–Crippen MR) is 157 cm³/mol. The van der Waals surface area contributed by atoms with Gasteiger partial charge in [0.15, 0.2) is 5.78 Å². The molecule has 4 aromatic rings. The molecule has 8 rings (SSSR count). The first-order valence-corrected chi connectivity index (χ1v) is 14.6. The lowest BCUT2D eigenvalue weighted by atomic mass is 9.80. The molecule has 41 heavy (non-hydrogen) atoms. The van der Waals surface area contributed by atoms with Crippen LogP contribution in [0.15, 0.2) is 91.0 Å². The maximum absolute atomic E-state index is 13.7. The van der Waals surface area contributed by atoms with Gasteiger partial charge in [0.2, 0.25) is 0 Å². The zero-order valence-corrected chi connectivity index (χ0v) is 22.8. The van der Waals surface area contributed by atoms with Crippen LogP contribution in [0.5, 0.6) is 0 Å². The Morgan fingerprint density at radius 1 is 0.732 bits per heavy atom. The molecule has 2 atom stereocenters. The first kappa shape index (κ1) is 24.6. The third kappa shape index (κ3) is 4.02. The van der Waals surface area contributed by atoms with Crippen LogP contribution < -0.4 is 0 Å². The molecule has 2 unspecified atom stereocenters. The van der Waals surface area contributed by atoms with Gasteiger partial charge in [-0.25, -0.2) is 4.79 Å². The number of Topliss-reactive ketones (excluding diaryl/α,β-unsaturated/α-hetero) is 1. The minimum absolute atomic E-state index is 0.0208. The number of carbonyl (C=O) groups is 2. The van der Waals surface area contributed by atoms with Crippen LogP contribution >= 0.6 is 0 Å². The summed E-state index contributed by atoms with van der Waals surface area (Å²) in [5.74, 6) is 0.0636. The Balaban J connectivity index is 0.972. The Morgan fingerprint density at radius 3 is 2.05 bits per heavy atom. The van der Waals surface area contributed by atoms with Crippen LogP contribution in [-0.2, 0) is 15.9 Å². The monoisotopic (exact) mass is 541 g/mol. The highest BCUT2D eigenvalue weighted by Crippen LogP contribution is 2.45. The van der Waals surface area contributed by atoms with Gasteiger partial charge in [-0.05, 0) is 69.8 Å². The summed E-state index contributed by atoms with van der Waals surface area (Å²) in [5, 5.41) is 0. The topological polar surface area (TPSA) is 55.8 Å². The Labute approximate surface area is 239 Å². The number of fused-ring (bicyclic) bond motifs is 8. The summed E-state index contributed by atoms with van der Waals surface area (Å²) in [4.78, 5) is 29.1. The zero-order chi connectivity index (χ0) is 27.5. The highest BCUT2D eigenvalue weighted by molar-refractivity contribution is 5.99. The number of hydrogen-bond acceptors (Lipinski definition) is 4. The predicted octanol–water partition coefficient (Wildman–Crippen LogP) is 6.87. The van der Waals surface area contributed by atoms with Crippen molar-refractivity contribution >= 4 is 11.9 Å². The van der Waals surface area contributed by atoms with E-state index in [1.54, 1.807) is 0 Å². The standard InChI is InChI=1S/C36H31NO4/c38-35(23-13-14-29-24(16-23)15-22-7-1-2-8-28(22)29)25-17-26-19-40-20-27(18-25)37(26)36(39)41-21-34-32-11-5-3-9-30(32)31-10-4-6-12-33(31)34/h1-14,16,25-27,34H,15,17-21H2. The van der Waals surface area contributed by atoms with Crippen molar-refractivity contribution in [3.63, 3.8) is 0 Å². The molecule has 0 saturated carbocycles. The van der Waals surface area contributed by atoms with E-state index in [1.807, 2.05) is 23.1 Å². The van der Waals surface area contributed by atoms with Gasteiger partial charge in [-0.15, -0.1) is 0 Å². The number of amides is 1. The van der Waals surface area contributed by atoms with Crippen molar-refractivity contribution in [3.05, 3.63) is 119 Å². The van der Waals surface area contributed by atoms with Crippen molar-refractivity contribution in [3.8, 4) is 22.3 Å². The second kappa shape index (κ2) is 9.71. The maximum Gasteiger partial charge on any atom is 0.410 e. The number of ether oxygens (including phenoxy) is 2. The van der Waals surface area contributed by atoms with Gasteiger partial charge in [0.05, 0.1) is 25.3 Å². The van der Waals surface area contributed by atoms with E-state index in [9.17, 15) is 9.59 Å². The molecule has 0 N–H and O–H groups in total. The van der Waals surface area contributed by atoms with Gasteiger partial charge in [-0.1, -0.05) is 84.9 Å². The van der Waals surface area contributed by atoms with Crippen LogP contribution in [0, 0.1) is 5.92 Å². The fraction of sp³-hybridized carbons (Fsp3) is 0.278. The lowest BCUT2D eigenvalue weighted by Gasteiger charge is -2.47. The molecule has 2 saturated heterocycles. The fourth-order valence-electron chi connectivity index (χ4n) is 7.63. The average Bonchev–Trinajstić information content (AvgIpc) is 3.54. The number of rotatable bonds is 4. The zero-order valence-electron chi connectivity index (χ0n) is 22.8. The van der Waals surface area contributed by atoms with E-state index in [-0.39, 0.29) is 35.8 Å². The third-order valence-corrected chi connectivity index (χ3v) is 9.52. The van der Waals surface area contributed by atoms with E-state index in [0.29, 0.717) is 32.7 Å². The van der Waals surface area contributed by atoms with E-state index in [4.69, 9.17) is 9.47 Å². The van der Waals surface area contributed by atoms with Gasteiger partial charge in [0.25, 0.3) is 0 Å². The van der Waals surface area contributed by atoms with Crippen molar-refractivity contribution in [2.75, 3.05) is 19.8 Å². The molecule has 0 aromatic heterocycles. The lowest BCUT2D eigenvalue weighted by Crippen LogP contribution is -2.60. The summed E-state index contributed by atoms with van der Waals surface area (Å²) in [6.45, 7) is 1.16. The fourth-order valence-corrected chi connectivity index (χ4v) is 7.63. The molecular weight excluding hydrogens is 510 g/mol. The Bertz CT molecular complexity index is 1630. The SMILES string of the molecule is O=C(c1ccc2c(c1)Cc1ccccc1-2)C1CC2COCC(C1)N2C(=O)OCC1c2ccccc2-c2ccccc21. The van der Waals surface area contributed by atoms with Crippen LogP contribution in [0.4, 0.5) is 4.79 Å². The number of benzene rings is 4. The van der Waals surface area contributed by atoms with Crippen molar-refractivity contribution in [1.29, 1.82) is 0 Å².